The van der Waals surface area contributed by atoms with Gasteiger partial charge in [0, 0.05) is 24.4 Å². The number of hydrogen-bond donors (Lipinski definition) is 3. The van der Waals surface area contributed by atoms with Gasteiger partial charge < -0.3 is 20.0 Å². The fraction of sp³-hybridized carbons (Fsp3) is 0.400. The minimum absolute atomic E-state index is 0.00672. The van der Waals surface area contributed by atoms with Crippen LogP contribution in [0.3, 0.4) is 0 Å². The number of quaternary nitrogens is 1. The number of aryl methyl sites for hydroxylation is 1. The van der Waals surface area contributed by atoms with Crippen LogP contribution in [0, 0.1) is 6.92 Å². The van der Waals surface area contributed by atoms with Crippen molar-refractivity contribution in [3.8, 4) is 0 Å². The summed E-state index contributed by atoms with van der Waals surface area (Å²) >= 11 is 0. The summed E-state index contributed by atoms with van der Waals surface area (Å²) in [6.07, 6.45) is 3.37. The second-order valence-electron chi connectivity index (χ2n) is 6.85. The number of piperidine rings is 1. The Balaban J connectivity index is 1.39. The maximum atomic E-state index is 12.4. The van der Waals surface area contributed by atoms with Gasteiger partial charge in [-0.2, -0.15) is 0 Å². The quantitative estimate of drug-likeness (QED) is 0.713. The second kappa shape index (κ2) is 8.67. The molecule has 6 heteroatoms. The van der Waals surface area contributed by atoms with Gasteiger partial charge in [0.1, 0.15) is 5.76 Å². The third-order valence-corrected chi connectivity index (χ3v) is 4.87. The van der Waals surface area contributed by atoms with Crippen molar-refractivity contribution in [2.75, 3.05) is 19.6 Å². The monoisotopic (exact) mass is 356 g/mol. The lowest BCUT2D eigenvalue weighted by Crippen LogP contribution is -3.14. The first-order chi connectivity index (χ1) is 12.6. The van der Waals surface area contributed by atoms with Crippen molar-refractivity contribution in [2.45, 2.75) is 32.4 Å². The summed E-state index contributed by atoms with van der Waals surface area (Å²) in [6.45, 7) is 4.59. The molecule has 0 radical (unpaired) electrons. The van der Waals surface area contributed by atoms with E-state index in [1.165, 1.54) is 4.90 Å². The summed E-state index contributed by atoms with van der Waals surface area (Å²) in [5, 5.41) is 6.01. The number of rotatable bonds is 6. The molecule has 1 saturated heterocycles. The number of carbonyl (C=O) groups is 2. The minimum Gasteiger partial charge on any atom is -0.467 e. The first-order valence-corrected chi connectivity index (χ1v) is 9.11. The van der Waals surface area contributed by atoms with Gasteiger partial charge in [0.2, 0.25) is 0 Å². The number of carbonyl (C=O) groups excluding carboxylic acids is 2. The number of benzene rings is 1. The minimum atomic E-state index is -0.00672. The van der Waals surface area contributed by atoms with Gasteiger partial charge >= 0.3 is 0 Å². The summed E-state index contributed by atoms with van der Waals surface area (Å²) in [5.41, 5.74) is 1.72. The van der Waals surface area contributed by atoms with Gasteiger partial charge in [-0.15, -0.1) is 0 Å². The fourth-order valence-electron chi connectivity index (χ4n) is 3.33. The van der Waals surface area contributed by atoms with Crippen LogP contribution in [0.15, 0.2) is 47.1 Å². The molecule has 6 nitrogen and oxygen atoms in total. The van der Waals surface area contributed by atoms with E-state index in [2.05, 4.69) is 10.6 Å². The van der Waals surface area contributed by atoms with Gasteiger partial charge in [-0.05, 0) is 30.7 Å². The van der Waals surface area contributed by atoms with Gasteiger partial charge in [0.05, 0.1) is 25.9 Å². The fourth-order valence-corrected chi connectivity index (χ4v) is 3.33. The molecule has 0 spiro atoms. The second-order valence-corrected chi connectivity index (χ2v) is 6.85. The molecule has 1 aromatic heterocycles. The average molecular weight is 356 g/mol. The topological polar surface area (TPSA) is 75.8 Å². The van der Waals surface area contributed by atoms with Crippen molar-refractivity contribution in [1.29, 1.82) is 0 Å². The highest BCUT2D eigenvalue weighted by Crippen LogP contribution is 2.08. The van der Waals surface area contributed by atoms with Gasteiger partial charge in [-0.25, -0.2) is 0 Å². The predicted octanol–water partition coefficient (Wildman–Crippen LogP) is 0.682. The third kappa shape index (κ3) is 4.95. The normalized spacial score (nSPS) is 19.7. The molecule has 1 fully saturated rings. The van der Waals surface area contributed by atoms with Crippen LogP contribution >= 0.6 is 0 Å². The molecule has 2 aromatic rings. The first-order valence-electron chi connectivity index (χ1n) is 9.11. The Morgan fingerprint density at radius 1 is 1.15 bits per heavy atom. The van der Waals surface area contributed by atoms with Crippen LogP contribution < -0.4 is 15.5 Å². The van der Waals surface area contributed by atoms with Gasteiger partial charge in [0.25, 0.3) is 11.8 Å². The summed E-state index contributed by atoms with van der Waals surface area (Å²) in [5.74, 6) is 0.775. The van der Waals surface area contributed by atoms with Crippen molar-refractivity contribution in [1.82, 2.24) is 10.6 Å². The number of amides is 2. The summed E-state index contributed by atoms with van der Waals surface area (Å²) in [4.78, 5) is 25.7. The van der Waals surface area contributed by atoms with E-state index in [0.717, 1.165) is 42.8 Å². The van der Waals surface area contributed by atoms with Crippen LogP contribution in [-0.4, -0.2) is 37.5 Å². The SMILES string of the molecule is Cc1ccccc1C(=O)NC1CC[NH+](CC(=O)NCc2ccco2)CC1. The van der Waals surface area contributed by atoms with E-state index in [0.29, 0.717) is 13.1 Å². The molecule has 2 amide bonds. The highest BCUT2D eigenvalue weighted by atomic mass is 16.3. The molecule has 138 valence electrons. The Morgan fingerprint density at radius 3 is 2.62 bits per heavy atom. The summed E-state index contributed by atoms with van der Waals surface area (Å²) < 4.78 is 5.21. The molecule has 1 aliphatic rings. The largest absolute Gasteiger partial charge is 0.467 e. The van der Waals surface area contributed by atoms with Crippen LogP contribution in [0.2, 0.25) is 0 Å². The molecule has 0 saturated carbocycles. The zero-order valence-corrected chi connectivity index (χ0v) is 15.1. The van der Waals surface area contributed by atoms with E-state index < -0.39 is 0 Å². The number of nitrogens with one attached hydrogen (secondary N) is 3. The van der Waals surface area contributed by atoms with Gasteiger partial charge in [0.15, 0.2) is 6.54 Å². The van der Waals surface area contributed by atoms with Crippen molar-refractivity contribution in [3.05, 3.63) is 59.5 Å². The van der Waals surface area contributed by atoms with Crippen LogP contribution in [0.25, 0.3) is 0 Å². The molecule has 3 rings (SSSR count). The van der Waals surface area contributed by atoms with E-state index in [9.17, 15) is 9.59 Å². The average Bonchev–Trinajstić information content (AvgIpc) is 3.15. The summed E-state index contributed by atoms with van der Waals surface area (Å²) in [7, 11) is 0. The van der Waals surface area contributed by atoms with Gasteiger partial charge in [-0.1, -0.05) is 18.2 Å². The molecule has 0 bridgehead atoms. The van der Waals surface area contributed by atoms with Crippen LogP contribution in [-0.2, 0) is 11.3 Å². The maximum Gasteiger partial charge on any atom is 0.275 e. The van der Waals surface area contributed by atoms with Crippen LogP contribution in [0.4, 0.5) is 0 Å². The Bertz CT molecular complexity index is 735. The highest BCUT2D eigenvalue weighted by molar-refractivity contribution is 5.95. The molecular weight excluding hydrogens is 330 g/mol. The molecule has 26 heavy (non-hydrogen) atoms. The van der Waals surface area contributed by atoms with Crippen molar-refractivity contribution < 1.29 is 18.9 Å². The Kier molecular flexibility index (Phi) is 6.07. The third-order valence-electron chi connectivity index (χ3n) is 4.87. The number of furan rings is 1. The Hall–Kier alpha value is -2.60. The van der Waals surface area contributed by atoms with E-state index in [4.69, 9.17) is 4.42 Å². The highest BCUT2D eigenvalue weighted by Gasteiger charge is 2.25. The first kappa shape index (κ1) is 18.2. The molecule has 2 heterocycles. The zero-order valence-electron chi connectivity index (χ0n) is 15.1. The smallest absolute Gasteiger partial charge is 0.275 e. The predicted molar refractivity (Wildman–Crippen MR) is 97.8 cm³/mol. The van der Waals surface area contributed by atoms with E-state index >= 15 is 0 Å². The molecule has 1 aromatic carbocycles. The Labute approximate surface area is 153 Å². The van der Waals surface area contributed by atoms with E-state index in [1.807, 2.05) is 43.3 Å². The molecule has 0 atom stereocenters. The standard InChI is InChI=1S/C20H25N3O3/c1-15-5-2-3-7-18(15)20(25)22-16-8-10-23(11-9-16)14-19(24)21-13-17-6-4-12-26-17/h2-7,12,16H,8-11,13-14H2,1H3,(H,21,24)(H,22,25)/p+1. The number of hydrogen-bond acceptors (Lipinski definition) is 3. The Morgan fingerprint density at radius 2 is 1.92 bits per heavy atom. The van der Waals surface area contributed by atoms with Crippen LogP contribution in [0.5, 0.6) is 0 Å². The molecule has 0 aliphatic carbocycles. The van der Waals surface area contributed by atoms with Crippen molar-refractivity contribution in [3.63, 3.8) is 0 Å². The maximum absolute atomic E-state index is 12.4. The lowest BCUT2D eigenvalue weighted by Gasteiger charge is -2.29. The molecule has 1 aliphatic heterocycles. The molecule has 0 unspecified atom stereocenters. The summed E-state index contributed by atoms with van der Waals surface area (Å²) in [6, 6.07) is 11.5. The van der Waals surface area contributed by atoms with E-state index in [-0.39, 0.29) is 17.9 Å². The van der Waals surface area contributed by atoms with Crippen molar-refractivity contribution in [2.24, 2.45) is 0 Å². The zero-order chi connectivity index (χ0) is 18.4. The van der Waals surface area contributed by atoms with Crippen molar-refractivity contribution >= 4 is 11.8 Å². The molecule has 3 N–H and O–H groups in total. The van der Waals surface area contributed by atoms with Crippen LogP contribution in [0.1, 0.15) is 34.5 Å². The number of likely N-dealkylation sites (tertiary alicyclic amines) is 1. The van der Waals surface area contributed by atoms with E-state index in [1.54, 1.807) is 6.26 Å². The van der Waals surface area contributed by atoms with Gasteiger partial charge in [-0.3, -0.25) is 9.59 Å². The lowest BCUT2D eigenvalue weighted by atomic mass is 10.0. The lowest BCUT2D eigenvalue weighted by molar-refractivity contribution is -0.897. The molecular formula is C20H26N3O3+.